The molecule has 1 atom stereocenters. The van der Waals surface area contributed by atoms with Crippen molar-refractivity contribution in [2.45, 2.75) is 16.3 Å². The van der Waals surface area contributed by atoms with Gasteiger partial charge < -0.3 is 24.0 Å². The molecule has 6 nitrogen and oxygen atoms in total. The van der Waals surface area contributed by atoms with E-state index in [1.54, 1.807) is 11.5 Å². The van der Waals surface area contributed by atoms with Crippen LogP contribution >= 0.6 is 46.6 Å². The largest absolute Gasteiger partial charge is 0.495 e. The Morgan fingerprint density at radius 2 is 1.74 bits per heavy atom. The topological polar surface area (TPSA) is 37.4 Å². The van der Waals surface area contributed by atoms with Crippen LogP contribution in [0.25, 0.3) is 11.8 Å². The molecule has 0 unspecified atom stereocenters. The van der Waals surface area contributed by atoms with Gasteiger partial charge in [-0.15, -0.1) is 0 Å². The van der Waals surface area contributed by atoms with Gasteiger partial charge in [-0.25, -0.2) is 4.42 Å². The van der Waals surface area contributed by atoms with Crippen LogP contribution in [0.2, 0.25) is 0 Å². The molecular formula is C24H23Cl4N3O3. The smallest absolute Gasteiger partial charge is 0.231 e. The second-order valence-corrected chi connectivity index (χ2v) is 11.6. The lowest BCUT2D eigenvalue weighted by atomic mass is 9.85. The lowest BCUT2D eigenvalue weighted by Gasteiger charge is -2.47. The van der Waals surface area contributed by atoms with E-state index in [4.69, 9.17) is 60.8 Å². The van der Waals surface area contributed by atoms with Crippen molar-refractivity contribution in [3.8, 4) is 17.2 Å². The summed E-state index contributed by atoms with van der Waals surface area (Å²) >= 11 is 26.5. The number of ether oxygens (including phenoxy) is 3. The molecule has 1 fully saturated rings. The van der Waals surface area contributed by atoms with Crippen LogP contribution in [0.5, 0.6) is 17.2 Å². The van der Waals surface area contributed by atoms with Crippen molar-refractivity contribution in [3.05, 3.63) is 46.5 Å². The van der Waals surface area contributed by atoms with Crippen molar-refractivity contribution >= 4 is 64.0 Å². The summed E-state index contributed by atoms with van der Waals surface area (Å²) in [6.45, 7) is 3.93. The van der Waals surface area contributed by atoms with Gasteiger partial charge in [0.25, 0.3) is 0 Å². The van der Waals surface area contributed by atoms with E-state index in [9.17, 15) is 0 Å². The first-order valence-corrected chi connectivity index (χ1v) is 12.7. The minimum atomic E-state index is -1.57. The van der Waals surface area contributed by atoms with Crippen LogP contribution in [0.3, 0.4) is 0 Å². The molecule has 180 valence electrons. The number of alkyl halides is 3. The second-order valence-electron chi connectivity index (χ2n) is 8.80. The number of benzene rings is 2. The molecule has 4 heterocycles. The summed E-state index contributed by atoms with van der Waals surface area (Å²) in [5.74, 6) is 2.29. The average molecular weight is 543 g/mol. The number of fused-ring (bicyclic) bond motifs is 5. The van der Waals surface area contributed by atoms with Gasteiger partial charge in [0.05, 0.1) is 12.8 Å². The van der Waals surface area contributed by atoms with E-state index in [0.29, 0.717) is 6.54 Å². The Hall–Kier alpha value is -1.70. The van der Waals surface area contributed by atoms with Crippen LogP contribution in [-0.4, -0.2) is 59.7 Å². The zero-order valence-electron chi connectivity index (χ0n) is 18.5. The number of rotatable bonds is 2. The maximum Gasteiger partial charge on any atom is 0.231 e. The molecule has 6 rings (SSSR count). The molecule has 2 aromatic carbocycles. The van der Waals surface area contributed by atoms with E-state index in [1.165, 1.54) is 5.56 Å². The van der Waals surface area contributed by atoms with E-state index in [0.717, 1.165) is 77.9 Å². The summed E-state index contributed by atoms with van der Waals surface area (Å²) in [5, 5.41) is 0. The monoisotopic (exact) mass is 541 g/mol. The highest BCUT2D eigenvalue weighted by atomic mass is 35.6. The Balaban J connectivity index is 1.55. The van der Waals surface area contributed by atoms with Gasteiger partial charge in [0.1, 0.15) is 11.8 Å². The number of anilines is 1. The molecule has 10 heteroatoms. The van der Waals surface area contributed by atoms with E-state index < -0.39 is 9.83 Å². The molecular weight excluding hydrogens is 520 g/mol. The van der Waals surface area contributed by atoms with Gasteiger partial charge in [0, 0.05) is 49.5 Å². The Labute approximate surface area is 218 Å². The molecule has 1 saturated heterocycles. The third kappa shape index (κ3) is 3.66. The summed E-state index contributed by atoms with van der Waals surface area (Å²) in [5.41, 5.74) is 6.24. The summed E-state index contributed by atoms with van der Waals surface area (Å²) in [7, 11) is 1.68. The molecule has 0 radical (unpaired) electrons. The van der Waals surface area contributed by atoms with Gasteiger partial charge in [0.2, 0.25) is 10.6 Å². The lowest BCUT2D eigenvalue weighted by molar-refractivity contribution is 0.174. The summed E-state index contributed by atoms with van der Waals surface area (Å²) in [6, 6.07) is 7.66. The minimum Gasteiger partial charge on any atom is -0.495 e. The fraction of sp³-hybridized carbons (Fsp3) is 0.417. The molecule has 0 spiro atoms. The molecule has 0 N–H and O–H groups in total. The Morgan fingerprint density at radius 3 is 2.44 bits per heavy atom. The Morgan fingerprint density at radius 1 is 1.00 bits per heavy atom. The zero-order chi connectivity index (χ0) is 23.6. The number of hydrogen-bond donors (Lipinski definition) is 0. The fourth-order valence-electron chi connectivity index (χ4n) is 5.43. The normalized spacial score (nSPS) is 21.6. The standard InChI is InChI=1S/C24H23Cl4N3O3/c1-32-18-3-2-15-10-17-16-12-20-19(33-13-34-20)11-14(16)4-5-31(17)23(24(25,26)27)21(15)22(18)29-6-8-30(28)9-7-29/h2-3,10-12,23H,4-9,13H2,1H3/t23-/m0/s1. The number of methoxy groups -OCH3 is 1. The number of nitrogens with zero attached hydrogens (tertiary/aromatic N) is 3. The van der Waals surface area contributed by atoms with Crippen LogP contribution < -0.4 is 19.1 Å². The summed E-state index contributed by atoms with van der Waals surface area (Å²) in [4.78, 5) is 4.50. The van der Waals surface area contributed by atoms with Crippen LogP contribution in [0.15, 0.2) is 24.3 Å². The first-order valence-electron chi connectivity index (χ1n) is 11.2. The molecule has 0 aromatic heterocycles. The molecule has 34 heavy (non-hydrogen) atoms. The van der Waals surface area contributed by atoms with E-state index in [-0.39, 0.29) is 6.79 Å². The van der Waals surface area contributed by atoms with Gasteiger partial charge in [-0.1, -0.05) is 40.9 Å². The SMILES string of the molecule is COc1ccc2c(c1N1CCN(Cl)CC1)[C@@H](C(Cl)(Cl)Cl)N1CCc3cc4c(cc3C1=C2)OCO4. The third-order valence-electron chi connectivity index (χ3n) is 6.97. The van der Waals surface area contributed by atoms with Crippen molar-refractivity contribution < 1.29 is 14.2 Å². The van der Waals surface area contributed by atoms with Crippen LogP contribution in [-0.2, 0) is 6.42 Å². The highest BCUT2D eigenvalue weighted by Gasteiger charge is 2.46. The zero-order valence-corrected chi connectivity index (χ0v) is 21.5. The highest BCUT2D eigenvalue weighted by Crippen LogP contribution is 2.56. The Kier molecular flexibility index (Phi) is 5.66. The van der Waals surface area contributed by atoms with Gasteiger partial charge in [0.15, 0.2) is 11.5 Å². The lowest BCUT2D eigenvalue weighted by Crippen LogP contribution is -2.45. The summed E-state index contributed by atoms with van der Waals surface area (Å²) < 4.78 is 17.3. The predicted molar refractivity (Wildman–Crippen MR) is 137 cm³/mol. The van der Waals surface area contributed by atoms with Gasteiger partial charge >= 0.3 is 0 Å². The second kappa shape index (κ2) is 8.45. The van der Waals surface area contributed by atoms with Crippen molar-refractivity contribution in [2.24, 2.45) is 0 Å². The number of halogens is 4. The highest BCUT2D eigenvalue weighted by molar-refractivity contribution is 6.68. The molecule has 4 aliphatic heterocycles. The summed E-state index contributed by atoms with van der Waals surface area (Å²) in [6.07, 6.45) is 2.99. The predicted octanol–water partition coefficient (Wildman–Crippen LogP) is 5.48. The van der Waals surface area contributed by atoms with Crippen LogP contribution in [0.1, 0.15) is 28.3 Å². The van der Waals surface area contributed by atoms with Gasteiger partial charge in [-0.05, 0) is 53.6 Å². The maximum absolute atomic E-state index is 6.74. The number of hydrogen-bond acceptors (Lipinski definition) is 6. The number of piperazine rings is 1. The molecule has 0 bridgehead atoms. The van der Waals surface area contributed by atoms with E-state index in [2.05, 4.69) is 21.9 Å². The minimum absolute atomic E-state index is 0.235. The van der Waals surface area contributed by atoms with Crippen LogP contribution in [0, 0.1) is 0 Å². The first-order chi connectivity index (χ1) is 16.3. The van der Waals surface area contributed by atoms with E-state index >= 15 is 0 Å². The van der Waals surface area contributed by atoms with E-state index in [1.807, 2.05) is 18.2 Å². The quantitative estimate of drug-likeness (QED) is 0.369. The molecule has 4 aliphatic rings. The van der Waals surface area contributed by atoms with Crippen molar-refractivity contribution in [2.75, 3.05) is 51.5 Å². The van der Waals surface area contributed by atoms with Crippen LogP contribution in [0.4, 0.5) is 5.69 Å². The maximum atomic E-state index is 6.74. The van der Waals surface area contributed by atoms with Gasteiger partial charge in [-0.2, -0.15) is 0 Å². The van der Waals surface area contributed by atoms with Gasteiger partial charge in [-0.3, -0.25) is 0 Å². The fourth-order valence-corrected chi connectivity index (χ4v) is 6.26. The molecule has 0 amide bonds. The molecule has 2 aromatic rings. The third-order valence-corrected chi connectivity index (χ3v) is 7.93. The van der Waals surface area contributed by atoms with Crippen molar-refractivity contribution in [3.63, 3.8) is 0 Å². The van der Waals surface area contributed by atoms with Crippen molar-refractivity contribution in [1.82, 2.24) is 9.32 Å². The molecule has 0 saturated carbocycles. The first kappa shape index (κ1) is 22.7. The Bertz CT molecular complexity index is 1180. The van der Waals surface area contributed by atoms with Crippen molar-refractivity contribution in [1.29, 1.82) is 0 Å². The average Bonchev–Trinajstić information content (AvgIpc) is 3.28. The molecule has 0 aliphatic carbocycles.